The Morgan fingerprint density at radius 3 is 2.26 bits per heavy atom. The molecule has 1 saturated carbocycles. The van der Waals surface area contributed by atoms with Crippen LogP contribution >= 0.6 is 0 Å². The number of hydrogen-bond acceptors (Lipinski definition) is 6. The van der Waals surface area contributed by atoms with Crippen LogP contribution in [0, 0.1) is 0 Å². The first-order chi connectivity index (χ1) is 16.9. The summed E-state index contributed by atoms with van der Waals surface area (Å²) in [6.45, 7) is -0.190. The van der Waals surface area contributed by atoms with Crippen molar-refractivity contribution >= 4 is 21.6 Å². The molecule has 0 bridgehead atoms. The molecule has 2 aromatic rings. The van der Waals surface area contributed by atoms with Gasteiger partial charge in [-0.15, -0.1) is 0 Å². The second kappa shape index (κ2) is 13.3. The van der Waals surface area contributed by atoms with Crippen LogP contribution in [0.4, 0.5) is 0 Å². The van der Waals surface area contributed by atoms with Crippen LogP contribution in [0.5, 0.6) is 11.5 Å². The molecule has 0 saturated heterocycles. The molecule has 0 radical (unpaired) electrons. The molecular formula is C26H35N3O5S. The number of hydrogen-bond donors (Lipinski definition) is 1. The average Bonchev–Trinajstić information content (AvgIpc) is 2.85. The van der Waals surface area contributed by atoms with Gasteiger partial charge in [0.05, 0.1) is 25.7 Å². The zero-order valence-corrected chi connectivity index (χ0v) is 21.4. The molecule has 8 nitrogen and oxygen atoms in total. The lowest BCUT2D eigenvalue weighted by atomic mass is 9.99. The predicted octanol–water partition coefficient (Wildman–Crippen LogP) is 4.15. The number of carbonyl (C=O) groups is 1. The predicted molar refractivity (Wildman–Crippen MR) is 136 cm³/mol. The first-order valence-electron chi connectivity index (χ1n) is 12.0. The fourth-order valence-electron chi connectivity index (χ4n) is 4.07. The van der Waals surface area contributed by atoms with E-state index in [1.54, 1.807) is 6.07 Å². The Morgan fingerprint density at radius 1 is 0.943 bits per heavy atom. The van der Waals surface area contributed by atoms with E-state index in [4.69, 9.17) is 9.47 Å². The highest BCUT2D eigenvalue weighted by Crippen LogP contribution is 2.30. The monoisotopic (exact) mass is 501 g/mol. The number of hydrazone groups is 1. The Hall–Kier alpha value is -2.91. The lowest BCUT2D eigenvalue weighted by molar-refractivity contribution is -0.121. The quantitative estimate of drug-likeness (QED) is 0.493. The molecule has 9 heteroatoms. The van der Waals surface area contributed by atoms with Crippen LogP contribution in [0.15, 0.2) is 58.5 Å². The summed E-state index contributed by atoms with van der Waals surface area (Å²) in [6.07, 6.45) is 7.90. The van der Waals surface area contributed by atoms with Gasteiger partial charge >= 0.3 is 0 Å². The summed E-state index contributed by atoms with van der Waals surface area (Å²) in [4.78, 5) is 12.8. The molecule has 1 aliphatic rings. The van der Waals surface area contributed by atoms with Crippen molar-refractivity contribution in [3.8, 4) is 11.5 Å². The third kappa shape index (κ3) is 7.80. The van der Waals surface area contributed by atoms with Gasteiger partial charge in [0.2, 0.25) is 10.0 Å². The minimum Gasteiger partial charge on any atom is -0.493 e. The third-order valence-corrected chi connectivity index (χ3v) is 7.92. The summed E-state index contributed by atoms with van der Waals surface area (Å²) in [7, 11) is -1.06. The van der Waals surface area contributed by atoms with Gasteiger partial charge in [-0.05, 0) is 49.8 Å². The van der Waals surface area contributed by atoms with E-state index in [1.807, 2.05) is 30.3 Å². The Bertz CT molecular complexity index is 1090. The minimum absolute atomic E-state index is 0.0299. The number of nitrogens with one attached hydrogen (secondary N) is 1. The van der Waals surface area contributed by atoms with Crippen molar-refractivity contribution in [2.45, 2.75) is 56.3 Å². The second-order valence-electron chi connectivity index (χ2n) is 8.57. The van der Waals surface area contributed by atoms with Crippen molar-refractivity contribution in [2.75, 3.05) is 27.3 Å². The molecule has 1 N–H and O–H groups in total. The maximum Gasteiger partial charge on any atom is 0.255 e. The molecule has 1 fully saturated rings. The van der Waals surface area contributed by atoms with E-state index >= 15 is 0 Å². The van der Waals surface area contributed by atoms with Gasteiger partial charge in [0.25, 0.3) is 5.91 Å². The Labute approximate surface area is 208 Å². The van der Waals surface area contributed by atoms with Crippen LogP contribution in [0.1, 0.15) is 50.5 Å². The molecule has 3 rings (SSSR count). The van der Waals surface area contributed by atoms with Gasteiger partial charge in [-0.25, -0.2) is 13.8 Å². The van der Waals surface area contributed by atoms with Crippen LogP contribution in [0.2, 0.25) is 0 Å². The zero-order valence-electron chi connectivity index (χ0n) is 20.5. The van der Waals surface area contributed by atoms with E-state index in [0.29, 0.717) is 17.9 Å². The van der Waals surface area contributed by atoms with Gasteiger partial charge in [-0.3, -0.25) is 4.79 Å². The Kier molecular flexibility index (Phi) is 10.1. The number of sulfonamides is 1. The summed E-state index contributed by atoms with van der Waals surface area (Å²) in [5.74, 6) is 0.267. The van der Waals surface area contributed by atoms with Gasteiger partial charge < -0.3 is 9.47 Å². The SMILES string of the molecule is COc1ccc(S(=O)(=O)N(CCc2ccccc2)CC(=O)NN=C2CCCCCCC2)cc1OC. The van der Waals surface area contributed by atoms with E-state index in [1.165, 1.54) is 49.9 Å². The normalized spacial score (nSPS) is 14.7. The first kappa shape index (κ1) is 26.7. The van der Waals surface area contributed by atoms with Crippen LogP contribution in [0.3, 0.4) is 0 Å². The molecule has 190 valence electrons. The fourth-order valence-corrected chi connectivity index (χ4v) is 5.48. The highest BCUT2D eigenvalue weighted by molar-refractivity contribution is 7.89. The van der Waals surface area contributed by atoms with Gasteiger partial charge in [-0.2, -0.15) is 9.41 Å². The van der Waals surface area contributed by atoms with Crippen molar-refractivity contribution in [1.29, 1.82) is 0 Å². The van der Waals surface area contributed by atoms with Crippen molar-refractivity contribution in [3.63, 3.8) is 0 Å². The van der Waals surface area contributed by atoms with Gasteiger partial charge in [0.1, 0.15) is 0 Å². The lowest BCUT2D eigenvalue weighted by Crippen LogP contribution is -2.40. The molecule has 1 aliphatic carbocycles. The van der Waals surface area contributed by atoms with Crippen LogP contribution < -0.4 is 14.9 Å². The summed E-state index contributed by atoms with van der Waals surface area (Å²) >= 11 is 0. The number of amides is 1. The van der Waals surface area contributed by atoms with Crippen LogP contribution in [-0.4, -0.2) is 51.7 Å². The number of rotatable bonds is 10. The van der Waals surface area contributed by atoms with E-state index < -0.39 is 15.9 Å². The maximum atomic E-state index is 13.6. The summed E-state index contributed by atoms with van der Waals surface area (Å²) in [6, 6.07) is 14.0. The number of carbonyl (C=O) groups excluding carboxylic acids is 1. The van der Waals surface area contributed by atoms with Crippen molar-refractivity contribution in [1.82, 2.24) is 9.73 Å². The third-order valence-electron chi connectivity index (χ3n) is 6.07. The maximum absolute atomic E-state index is 13.6. The minimum atomic E-state index is -3.99. The average molecular weight is 502 g/mol. The van der Waals surface area contributed by atoms with E-state index in [-0.39, 0.29) is 18.0 Å². The molecule has 0 atom stereocenters. The van der Waals surface area contributed by atoms with Gasteiger partial charge in [0.15, 0.2) is 11.5 Å². The summed E-state index contributed by atoms with van der Waals surface area (Å²) in [5, 5.41) is 4.32. The lowest BCUT2D eigenvalue weighted by Gasteiger charge is -2.22. The number of methoxy groups -OCH3 is 2. The smallest absolute Gasteiger partial charge is 0.255 e. The number of ether oxygens (including phenoxy) is 2. The molecule has 0 unspecified atom stereocenters. The largest absolute Gasteiger partial charge is 0.493 e. The molecular weight excluding hydrogens is 466 g/mol. The van der Waals surface area contributed by atoms with Crippen molar-refractivity contribution < 1.29 is 22.7 Å². The zero-order chi connectivity index (χ0) is 25.1. The topological polar surface area (TPSA) is 97.3 Å². The van der Waals surface area contributed by atoms with Crippen molar-refractivity contribution in [3.05, 3.63) is 54.1 Å². The van der Waals surface area contributed by atoms with E-state index in [2.05, 4.69) is 10.5 Å². The first-order valence-corrected chi connectivity index (χ1v) is 13.5. The van der Waals surface area contributed by atoms with Gasteiger partial charge in [0, 0.05) is 18.3 Å². The fraction of sp³-hybridized carbons (Fsp3) is 0.462. The molecule has 0 aliphatic heterocycles. The number of nitrogens with zero attached hydrogens (tertiary/aromatic N) is 2. The Morgan fingerprint density at radius 2 is 1.60 bits per heavy atom. The van der Waals surface area contributed by atoms with E-state index in [0.717, 1.165) is 37.0 Å². The molecule has 2 aromatic carbocycles. The standard InChI is InChI=1S/C26H35N3O5S/c1-33-24-16-15-23(19-25(24)34-2)35(31,32)29(18-17-21-11-7-6-8-12-21)20-26(30)28-27-22-13-9-4-3-5-10-14-22/h6-8,11-12,15-16,19H,3-5,9-10,13-14,17-18,20H2,1-2H3,(H,28,30). The van der Waals surface area contributed by atoms with Gasteiger partial charge in [-0.1, -0.05) is 49.6 Å². The molecule has 0 spiro atoms. The highest BCUT2D eigenvalue weighted by atomic mass is 32.2. The molecule has 1 amide bonds. The number of benzene rings is 2. The van der Waals surface area contributed by atoms with Crippen LogP contribution in [-0.2, 0) is 21.2 Å². The highest BCUT2D eigenvalue weighted by Gasteiger charge is 2.28. The van der Waals surface area contributed by atoms with E-state index in [9.17, 15) is 13.2 Å². The molecule has 0 aromatic heterocycles. The molecule has 0 heterocycles. The Balaban J connectivity index is 1.79. The van der Waals surface area contributed by atoms with Crippen molar-refractivity contribution in [2.24, 2.45) is 5.10 Å². The van der Waals surface area contributed by atoms with Crippen LogP contribution in [0.25, 0.3) is 0 Å². The summed E-state index contributed by atoms with van der Waals surface area (Å²) < 4.78 is 38.8. The molecule has 35 heavy (non-hydrogen) atoms. The summed E-state index contributed by atoms with van der Waals surface area (Å²) in [5.41, 5.74) is 4.54. The second-order valence-corrected chi connectivity index (χ2v) is 10.5.